The van der Waals surface area contributed by atoms with Crippen LogP contribution in [0.25, 0.3) is 23.1 Å². The number of benzene rings is 1. The Kier molecular flexibility index (Phi) is 1.39. The van der Waals surface area contributed by atoms with Crippen LogP contribution in [-0.2, 0) is 4.79 Å². The molecule has 1 aromatic heterocycles. The monoisotopic (exact) mass is 183 g/mol. The van der Waals surface area contributed by atoms with E-state index in [1.807, 2.05) is 24.4 Å². The van der Waals surface area contributed by atoms with E-state index in [-0.39, 0.29) is 5.78 Å². The van der Waals surface area contributed by atoms with Crippen LogP contribution in [0.2, 0.25) is 0 Å². The normalized spacial score (nSPS) is 14.7. The molecule has 1 aliphatic rings. The number of aromatic nitrogens is 1. The van der Waals surface area contributed by atoms with Crippen molar-refractivity contribution in [2.75, 3.05) is 0 Å². The van der Waals surface area contributed by atoms with E-state index in [4.69, 9.17) is 0 Å². The zero-order valence-corrected chi connectivity index (χ0v) is 7.58. The Bertz CT molecular complexity index is 634. The zero-order chi connectivity index (χ0) is 9.54. The molecule has 0 amide bonds. The molecule has 0 aliphatic heterocycles. The Morgan fingerprint density at radius 1 is 1.21 bits per heavy atom. The minimum Gasteiger partial charge on any atom is -0.361 e. The highest BCUT2D eigenvalue weighted by Crippen LogP contribution is 2.05. The molecule has 0 spiro atoms. The van der Waals surface area contributed by atoms with Gasteiger partial charge in [-0.2, -0.15) is 0 Å². The number of Topliss-reactive ketones (excluding diaryl/α,β-unsaturated/α-hetero) is 1. The van der Waals surface area contributed by atoms with Crippen LogP contribution in [0.5, 0.6) is 0 Å². The van der Waals surface area contributed by atoms with Crippen LogP contribution in [0, 0.1) is 0 Å². The molecular formula is C12H9NO. The van der Waals surface area contributed by atoms with Crippen LogP contribution in [-0.4, -0.2) is 10.8 Å². The van der Waals surface area contributed by atoms with Crippen molar-refractivity contribution in [3.63, 3.8) is 0 Å². The number of nitrogens with one attached hydrogen (secondary N) is 1. The van der Waals surface area contributed by atoms with Gasteiger partial charge in [0.2, 0.25) is 0 Å². The summed E-state index contributed by atoms with van der Waals surface area (Å²) in [5.74, 6) is 0.186. The third-order valence-electron chi connectivity index (χ3n) is 2.64. The Hall–Kier alpha value is -1.83. The molecule has 68 valence electrons. The maximum absolute atomic E-state index is 11.3. The Balaban J connectivity index is 2.61. The summed E-state index contributed by atoms with van der Waals surface area (Å²) in [4.78, 5) is 14.4. The molecule has 2 heteroatoms. The van der Waals surface area contributed by atoms with Gasteiger partial charge in [0.1, 0.15) is 0 Å². The number of hydrogen-bond donors (Lipinski definition) is 1. The topological polar surface area (TPSA) is 32.9 Å². The maximum Gasteiger partial charge on any atom is 0.160 e. The number of carbonyl (C=O) groups is 1. The lowest BCUT2D eigenvalue weighted by Gasteiger charge is -2.00. The van der Waals surface area contributed by atoms with E-state index in [1.165, 1.54) is 0 Å². The summed E-state index contributed by atoms with van der Waals surface area (Å²) in [6.07, 6.45) is 6.16. The standard InChI is InChI=1S/C12H9NO/c14-9-3-1-8-2-4-12-10(5-6-13-12)11(8)7-9/h1-2,4-7,13H,3H2. The van der Waals surface area contributed by atoms with E-state index in [2.05, 4.69) is 11.1 Å². The van der Waals surface area contributed by atoms with Crippen molar-refractivity contribution < 1.29 is 4.79 Å². The van der Waals surface area contributed by atoms with E-state index < -0.39 is 0 Å². The van der Waals surface area contributed by atoms with Gasteiger partial charge in [-0.05, 0) is 28.6 Å². The lowest BCUT2D eigenvalue weighted by molar-refractivity contribution is -0.112. The summed E-state index contributed by atoms with van der Waals surface area (Å²) < 4.78 is 0. The molecule has 3 rings (SSSR count). The van der Waals surface area contributed by atoms with Crippen LogP contribution in [0.1, 0.15) is 6.42 Å². The number of aromatic amines is 1. The van der Waals surface area contributed by atoms with Gasteiger partial charge in [-0.3, -0.25) is 4.79 Å². The van der Waals surface area contributed by atoms with Crippen molar-refractivity contribution in [2.24, 2.45) is 0 Å². The van der Waals surface area contributed by atoms with E-state index >= 15 is 0 Å². The largest absolute Gasteiger partial charge is 0.361 e. The summed E-state index contributed by atoms with van der Waals surface area (Å²) in [6.45, 7) is 0. The van der Waals surface area contributed by atoms with Crippen LogP contribution < -0.4 is 10.4 Å². The van der Waals surface area contributed by atoms with E-state index in [1.54, 1.807) is 6.08 Å². The van der Waals surface area contributed by atoms with Gasteiger partial charge in [-0.15, -0.1) is 0 Å². The summed E-state index contributed by atoms with van der Waals surface area (Å²) in [5, 5.41) is 3.35. The fourth-order valence-electron chi connectivity index (χ4n) is 1.94. The van der Waals surface area contributed by atoms with Crippen molar-refractivity contribution in [1.82, 2.24) is 4.98 Å². The van der Waals surface area contributed by atoms with Gasteiger partial charge in [0.15, 0.2) is 5.78 Å². The molecule has 0 saturated heterocycles. The average molecular weight is 183 g/mol. The first kappa shape index (κ1) is 7.56. The summed E-state index contributed by atoms with van der Waals surface area (Å²) >= 11 is 0. The second-order valence-electron chi connectivity index (χ2n) is 3.53. The van der Waals surface area contributed by atoms with Gasteiger partial charge in [0, 0.05) is 23.5 Å². The second-order valence-corrected chi connectivity index (χ2v) is 3.53. The van der Waals surface area contributed by atoms with Crippen LogP contribution in [0.4, 0.5) is 0 Å². The third-order valence-corrected chi connectivity index (χ3v) is 2.64. The fourth-order valence-corrected chi connectivity index (χ4v) is 1.94. The molecule has 2 nitrogen and oxygen atoms in total. The van der Waals surface area contributed by atoms with Crippen LogP contribution in [0.3, 0.4) is 0 Å². The second kappa shape index (κ2) is 2.58. The van der Waals surface area contributed by atoms with Gasteiger partial charge in [0.25, 0.3) is 0 Å². The van der Waals surface area contributed by atoms with E-state index in [9.17, 15) is 4.79 Å². The molecule has 1 N–H and O–H groups in total. The average Bonchev–Trinajstić information content (AvgIpc) is 2.65. The summed E-state index contributed by atoms with van der Waals surface area (Å²) in [7, 11) is 0. The highest BCUT2D eigenvalue weighted by Gasteiger charge is 2.04. The van der Waals surface area contributed by atoms with E-state index in [0.717, 1.165) is 21.3 Å². The minimum atomic E-state index is 0.186. The predicted molar refractivity (Wildman–Crippen MR) is 56.1 cm³/mol. The minimum absolute atomic E-state index is 0.186. The fraction of sp³-hybridized carbons (Fsp3) is 0.0833. The van der Waals surface area contributed by atoms with Gasteiger partial charge in [-0.25, -0.2) is 0 Å². The lowest BCUT2D eigenvalue weighted by Crippen LogP contribution is -2.29. The quantitative estimate of drug-likeness (QED) is 0.640. The first-order valence-electron chi connectivity index (χ1n) is 4.65. The first-order valence-corrected chi connectivity index (χ1v) is 4.65. The van der Waals surface area contributed by atoms with Gasteiger partial charge in [0.05, 0.1) is 0 Å². The molecule has 0 fully saturated rings. The number of fused-ring (bicyclic) bond motifs is 3. The van der Waals surface area contributed by atoms with Gasteiger partial charge in [-0.1, -0.05) is 12.1 Å². The van der Waals surface area contributed by atoms with Gasteiger partial charge >= 0.3 is 0 Å². The molecule has 0 saturated carbocycles. The Morgan fingerprint density at radius 2 is 2.14 bits per heavy atom. The number of hydrogen-bond acceptors (Lipinski definition) is 1. The first-order chi connectivity index (χ1) is 6.84. The van der Waals surface area contributed by atoms with Crippen molar-refractivity contribution in [2.45, 2.75) is 6.42 Å². The molecule has 14 heavy (non-hydrogen) atoms. The lowest BCUT2D eigenvalue weighted by atomic mass is 10.0. The summed E-state index contributed by atoms with van der Waals surface area (Å²) in [5.41, 5.74) is 1.09. The van der Waals surface area contributed by atoms with Gasteiger partial charge < -0.3 is 4.98 Å². The van der Waals surface area contributed by atoms with Crippen molar-refractivity contribution >= 4 is 28.8 Å². The number of ketones is 1. The van der Waals surface area contributed by atoms with Crippen molar-refractivity contribution in [3.05, 3.63) is 34.8 Å². The molecule has 2 aromatic rings. The zero-order valence-electron chi connectivity index (χ0n) is 7.58. The van der Waals surface area contributed by atoms with E-state index in [0.29, 0.717) is 6.42 Å². The Labute approximate surface area is 80.6 Å². The predicted octanol–water partition coefficient (Wildman–Crippen LogP) is 0.702. The molecule has 1 aromatic carbocycles. The number of rotatable bonds is 0. The number of carbonyl (C=O) groups excluding carboxylic acids is 1. The van der Waals surface area contributed by atoms with Crippen molar-refractivity contribution in [1.29, 1.82) is 0 Å². The number of H-pyrrole nitrogens is 1. The highest BCUT2D eigenvalue weighted by molar-refractivity contribution is 6.10. The molecule has 0 atom stereocenters. The van der Waals surface area contributed by atoms with Crippen LogP contribution in [0.15, 0.2) is 24.4 Å². The Morgan fingerprint density at radius 3 is 3.07 bits per heavy atom. The molecule has 0 unspecified atom stereocenters. The van der Waals surface area contributed by atoms with Crippen LogP contribution >= 0.6 is 0 Å². The molecular weight excluding hydrogens is 174 g/mol. The molecule has 1 heterocycles. The highest BCUT2D eigenvalue weighted by atomic mass is 16.1. The molecule has 1 aliphatic carbocycles. The third kappa shape index (κ3) is 0.940. The molecule has 0 radical (unpaired) electrons. The SMILES string of the molecule is O=C1C=c2c(ccc3[nH]ccc23)=CC1. The summed E-state index contributed by atoms with van der Waals surface area (Å²) in [6, 6.07) is 6.11. The van der Waals surface area contributed by atoms with Crippen molar-refractivity contribution in [3.8, 4) is 0 Å². The smallest absolute Gasteiger partial charge is 0.160 e. The maximum atomic E-state index is 11.3. The molecule has 0 bridgehead atoms.